The second-order valence-electron chi connectivity index (χ2n) is 12.8. The number of methoxy groups -OCH3 is 1. The number of carbonyl (C=O) groups is 4. The summed E-state index contributed by atoms with van der Waals surface area (Å²) in [5.74, 6) is -3.28. The number of aliphatic hydroxyl groups is 1. The maximum absolute atomic E-state index is 17.6. The van der Waals surface area contributed by atoms with Crippen molar-refractivity contribution in [1.29, 1.82) is 0 Å². The zero-order valence-electron chi connectivity index (χ0n) is 25.0. The molecule has 232 valence electrons. The minimum absolute atomic E-state index is 0.0137. The van der Waals surface area contributed by atoms with Crippen LogP contribution >= 0.6 is 11.8 Å². The molecule has 0 heterocycles. The molecule has 0 saturated heterocycles. The molecule has 0 radical (unpaired) electrons. The largest absolute Gasteiger partial charge is 0.497 e. The minimum atomic E-state index is -2.33. The normalized spacial score (nSPS) is 39.7. The van der Waals surface area contributed by atoms with Gasteiger partial charge < -0.3 is 14.6 Å². The van der Waals surface area contributed by atoms with E-state index < -0.39 is 69.0 Å². The molecule has 0 amide bonds. The first kappa shape index (κ1) is 31.6. The van der Waals surface area contributed by atoms with E-state index >= 15 is 8.78 Å². The van der Waals surface area contributed by atoms with Gasteiger partial charge in [0.15, 0.2) is 22.8 Å². The third-order valence-electron chi connectivity index (χ3n) is 10.8. The van der Waals surface area contributed by atoms with Crippen molar-refractivity contribution in [1.82, 2.24) is 0 Å². The number of allylic oxidation sites excluding steroid dienone is 4. The number of aliphatic hydroxyl groups excluding tert-OH is 1. The standard InChI is InChI=1S/C33H38F2O7S/c1-6-28(39)42-33(29(40)43-17-26(37)19-7-9-21(41-5)10-8-19)18(2)13-22-23-15-25(34)24-14-20(36)11-12-30(24,3)32(23,35)27(38)16-31(22,33)4/h7-12,14,18,22-23,25,27,38H,6,13,15-17H2,1-5H3/t18-,22+,23+,25+,27+,30+,31+,32+,33+/m1/s1. The summed E-state index contributed by atoms with van der Waals surface area (Å²) >= 11 is 0.740. The van der Waals surface area contributed by atoms with E-state index in [0.717, 1.165) is 17.8 Å². The quantitative estimate of drug-likeness (QED) is 0.321. The molecule has 10 heteroatoms. The van der Waals surface area contributed by atoms with Crippen molar-refractivity contribution in [3.63, 3.8) is 0 Å². The Hall–Kier alpha value is -2.85. The van der Waals surface area contributed by atoms with Crippen molar-refractivity contribution in [2.24, 2.45) is 28.6 Å². The van der Waals surface area contributed by atoms with Crippen LogP contribution in [-0.4, -0.2) is 64.2 Å². The van der Waals surface area contributed by atoms with E-state index in [4.69, 9.17) is 9.47 Å². The molecular weight excluding hydrogens is 578 g/mol. The molecule has 3 fully saturated rings. The number of fused-ring (bicyclic) bond motifs is 5. The fraction of sp³-hybridized carbons (Fsp3) is 0.576. The van der Waals surface area contributed by atoms with Crippen molar-refractivity contribution in [3.05, 3.63) is 53.6 Å². The molecule has 1 aromatic rings. The lowest BCUT2D eigenvalue weighted by atomic mass is 9.44. The number of hydrogen-bond donors (Lipinski definition) is 1. The first-order valence-corrected chi connectivity index (χ1v) is 15.7. The van der Waals surface area contributed by atoms with Gasteiger partial charge in [-0.15, -0.1) is 0 Å². The van der Waals surface area contributed by atoms with Gasteiger partial charge in [-0.2, -0.15) is 0 Å². The molecule has 0 unspecified atom stereocenters. The average molecular weight is 617 g/mol. The Morgan fingerprint density at radius 2 is 1.79 bits per heavy atom. The number of halogens is 2. The lowest BCUT2D eigenvalue weighted by Gasteiger charge is -2.63. The number of ketones is 2. The number of benzene rings is 1. The van der Waals surface area contributed by atoms with Crippen LogP contribution in [0, 0.1) is 28.6 Å². The Morgan fingerprint density at radius 3 is 2.42 bits per heavy atom. The van der Waals surface area contributed by atoms with E-state index in [9.17, 15) is 24.3 Å². The van der Waals surface area contributed by atoms with Gasteiger partial charge in [0.25, 0.3) is 0 Å². The zero-order valence-corrected chi connectivity index (χ0v) is 25.8. The topological polar surface area (TPSA) is 107 Å². The molecule has 0 bridgehead atoms. The van der Waals surface area contributed by atoms with Crippen molar-refractivity contribution in [3.8, 4) is 5.75 Å². The summed E-state index contributed by atoms with van der Waals surface area (Å²) < 4.78 is 44.6. The van der Waals surface area contributed by atoms with Crippen molar-refractivity contribution < 1.29 is 42.5 Å². The van der Waals surface area contributed by atoms with Crippen molar-refractivity contribution in [2.75, 3.05) is 12.9 Å². The highest BCUT2D eigenvalue weighted by atomic mass is 32.2. The Kier molecular flexibility index (Phi) is 8.04. The average Bonchev–Trinajstić information content (AvgIpc) is 3.20. The minimum Gasteiger partial charge on any atom is -0.497 e. The second-order valence-corrected chi connectivity index (χ2v) is 13.7. The van der Waals surface area contributed by atoms with Crippen LogP contribution in [0.25, 0.3) is 0 Å². The number of alkyl halides is 2. The summed E-state index contributed by atoms with van der Waals surface area (Å²) in [6, 6.07) is 6.48. The fourth-order valence-corrected chi connectivity index (χ4v) is 9.69. The number of rotatable bonds is 7. The molecule has 0 aliphatic heterocycles. The maximum atomic E-state index is 17.6. The van der Waals surface area contributed by atoms with Crippen LogP contribution in [0.2, 0.25) is 0 Å². The van der Waals surface area contributed by atoms with E-state index in [1.165, 1.54) is 26.2 Å². The third kappa shape index (κ3) is 4.45. The Balaban J connectivity index is 1.52. The number of thioether (sulfide) groups is 1. The monoisotopic (exact) mass is 616 g/mol. The van der Waals surface area contributed by atoms with Gasteiger partial charge in [0, 0.05) is 34.7 Å². The summed E-state index contributed by atoms with van der Waals surface area (Å²) in [4.78, 5) is 52.3. The summed E-state index contributed by atoms with van der Waals surface area (Å²) in [7, 11) is 1.51. The van der Waals surface area contributed by atoms with Gasteiger partial charge >= 0.3 is 5.97 Å². The smallest absolute Gasteiger partial charge is 0.306 e. The SMILES string of the molecule is CCC(=O)O[C@]1(C(=O)SCC(=O)c2ccc(OC)cc2)[C@H](C)C[C@H]2[C@@H]3C[C@H](F)C4=CC(=O)C=C[C@]4(C)[C@@]3(F)[C@@H](O)C[C@@]21C. The summed E-state index contributed by atoms with van der Waals surface area (Å²) in [5, 5.41) is 11.1. The molecule has 3 saturated carbocycles. The van der Waals surface area contributed by atoms with Crippen LogP contribution in [0.5, 0.6) is 5.75 Å². The number of Topliss-reactive ketones (excluding diaryl/α,β-unsaturated/α-hetero) is 1. The number of esters is 1. The molecule has 5 rings (SSSR count). The van der Waals surface area contributed by atoms with E-state index in [1.807, 2.05) is 0 Å². The van der Waals surface area contributed by atoms with Crippen LogP contribution in [0.1, 0.15) is 63.7 Å². The predicted octanol–water partition coefficient (Wildman–Crippen LogP) is 5.39. The highest BCUT2D eigenvalue weighted by molar-refractivity contribution is 8.14. The van der Waals surface area contributed by atoms with Gasteiger partial charge in [0.05, 0.1) is 19.0 Å². The Morgan fingerprint density at radius 1 is 1.12 bits per heavy atom. The Bertz CT molecular complexity index is 1410. The number of ether oxygens (including phenoxy) is 2. The second kappa shape index (κ2) is 10.9. The molecule has 4 aliphatic rings. The molecule has 0 aromatic heterocycles. The number of hydrogen-bond acceptors (Lipinski definition) is 8. The van der Waals surface area contributed by atoms with Gasteiger partial charge in [-0.25, -0.2) is 8.78 Å². The van der Waals surface area contributed by atoms with Crippen LogP contribution in [0.3, 0.4) is 0 Å². The lowest BCUT2D eigenvalue weighted by Crippen LogP contribution is -2.70. The van der Waals surface area contributed by atoms with Crippen LogP contribution in [-0.2, 0) is 19.1 Å². The van der Waals surface area contributed by atoms with Crippen LogP contribution < -0.4 is 4.74 Å². The Labute approximate surface area is 254 Å². The highest BCUT2D eigenvalue weighted by Gasteiger charge is 2.78. The molecule has 4 aliphatic carbocycles. The summed E-state index contributed by atoms with van der Waals surface area (Å²) in [6.07, 6.45) is 0.153. The van der Waals surface area contributed by atoms with Gasteiger partial charge in [-0.05, 0) is 74.1 Å². The van der Waals surface area contributed by atoms with Gasteiger partial charge in [-0.1, -0.05) is 38.6 Å². The number of carbonyl (C=O) groups excluding carboxylic acids is 4. The van der Waals surface area contributed by atoms with E-state index in [1.54, 1.807) is 45.0 Å². The van der Waals surface area contributed by atoms with Gasteiger partial charge in [-0.3, -0.25) is 19.2 Å². The molecular formula is C33H38F2O7S. The van der Waals surface area contributed by atoms with Crippen LogP contribution in [0.4, 0.5) is 8.78 Å². The first-order valence-electron chi connectivity index (χ1n) is 14.7. The fourth-order valence-electron chi connectivity index (χ4n) is 8.57. The van der Waals surface area contributed by atoms with Crippen molar-refractivity contribution in [2.45, 2.75) is 76.9 Å². The van der Waals surface area contributed by atoms with Crippen molar-refractivity contribution >= 4 is 34.4 Å². The lowest BCUT2D eigenvalue weighted by molar-refractivity contribution is -0.228. The van der Waals surface area contributed by atoms with Crippen LogP contribution in [0.15, 0.2) is 48.1 Å². The molecule has 1 N–H and O–H groups in total. The third-order valence-corrected chi connectivity index (χ3v) is 11.8. The molecule has 43 heavy (non-hydrogen) atoms. The highest BCUT2D eigenvalue weighted by Crippen LogP contribution is 2.72. The molecule has 1 aromatic carbocycles. The van der Waals surface area contributed by atoms with Gasteiger partial charge in [0.1, 0.15) is 11.9 Å². The molecule has 0 spiro atoms. The zero-order chi connectivity index (χ0) is 31.5. The maximum Gasteiger partial charge on any atom is 0.306 e. The first-order chi connectivity index (χ1) is 20.2. The summed E-state index contributed by atoms with van der Waals surface area (Å²) in [6.45, 7) is 6.59. The molecule has 7 nitrogen and oxygen atoms in total. The van der Waals surface area contributed by atoms with Gasteiger partial charge in [0.2, 0.25) is 5.12 Å². The van der Waals surface area contributed by atoms with E-state index in [-0.39, 0.29) is 42.8 Å². The summed E-state index contributed by atoms with van der Waals surface area (Å²) in [5.41, 5.74) is -6.53. The van der Waals surface area contributed by atoms with E-state index in [0.29, 0.717) is 11.3 Å². The van der Waals surface area contributed by atoms with E-state index in [2.05, 4.69) is 0 Å². The molecule has 9 atom stereocenters. The predicted molar refractivity (Wildman–Crippen MR) is 157 cm³/mol.